The van der Waals surface area contributed by atoms with E-state index in [9.17, 15) is 9.18 Å². The highest BCUT2D eigenvalue weighted by atomic mass is 79.9. The van der Waals surface area contributed by atoms with E-state index in [2.05, 4.69) is 43.9 Å². The Morgan fingerprint density at radius 1 is 1.21 bits per heavy atom. The normalized spacial score (nSPS) is 10.9. The number of nitrogens with one attached hydrogen (secondary N) is 2. The topological polar surface area (TPSA) is 53.5 Å². The second-order valence-corrected chi connectivity index (χ2v) is 6.45. The Morgan fingerprint density at radius 3 is 2.50 bits per heavy atom. The lowest BCUT2D eigenvalue weighted by Crippen LogP contribution is -2.26. The zero-order valence-corrected chi connectivity index (χ0v) is 15.4. The van der Waals surface area contributed by atoms with E-state index in [0.717, 1.165) is 16.8 Å². The van der Waals surface area contributed by atoms with E-state index < -0.39 is 0 Å². The smallest absolute Gasteiger partial charge is 0.259 e. The van der Waals surface area contributed by atoms with Crippen molar-refractivity contribution in [1.82, 2.24) is 5.43 Å². The Morgan fingerprint density at radius 2 is 1.88 bits per heavy atom. The average molecular weight is 392 g/mol. The summed E-state index contributed by atoms with van der Waals surface area (Å²) in [5.74, 6) is -0.601. The summed E-state index contributed by atoms with van der Waals surface area (Å²) in [6, 6.07) is 8.63. The van der Waals surface area contributed by atoms with E-state index in [0.29, 0.717) is 10.0 Å². The number of anilines is 1. The molecule has 0 aliphatic heterocycles. The first-order valence-electron chi connectivity index (χ1n) is 7.45. The van der Waals surface area contributed by atoms with Crippen LogP contribution in [0.4, 0.5) is 10.1 Å². The molecule has 0 bridgehead atoms. The second kappa shape index (κ2) is 8.06. The number of carbonyl (C=O) groups excluding carboxylic acids is 1. The van der Waals surface area contributed by atoms with Crippen LogP contribution in [-0.2, 0) is 4.79 Å². The molecule has 0 aliphatic carbocycles. The first-order valence-corrected chi connectivity index (χ1v) is 8.25. The summed E-state index contributed by atoms with van der Waals surface area (Å²) in [5.41, 5.74) is 7.47. The highest BCUT2D eigenvalue weighted by Gasteiger charge is 2.06. The minimum atomic E-state index is -0.343. The number of amides is 1. The third kappa shape index (κ3) is 4.89. The van der Waals surface area contributed by atoms with Crippen LogP contribution in [0.2, 0.25) is 0 Å². The summed E-state index contributed by atoms with van der Waals surface area (Å²) in [5, 5.41) is 7.01. The molecule has 126 valence electrons. The fraction of sp³-hybridized carbons (Fsp3) is 0.222. The molecule has 2 aromatic rings. The van der Waals surface area contributed by atoms with Crippen LogP contribution in [0.15, 0.2) is 39.9 Å². The number of halogens is 2. The van der Waals surface area contributed by atoms with Crippen LogP contribution >= 0.6 is 15.9 Å². The summed E-state index contributed by atoms with van der Waals surface area (Å²) >= 11 is 3.10. The Balaban J connectivity index is 1.90. The fourth-order valence-electron chi connectivity index (χ4n) is 2.44. The summed E-state index contributed by atoms with van der Waals surface area (Å²) in [6.07, 6.45) is 1.46. The molecule has 0 atom stereocenters. The first kappa shape index (κ1) is 18.1. The molecule has 6 heteroatoms. The maximum absolute atomic E-state index is 13.1. The van der Waals surface area contributed by atoms with Crippen LogP contribution in [0.25, 0.3) is 0 Å². The number of hydrogen-bond acceptors (Lipinski definition) is 3. The molecule has 0 radical (unpaired) electrons. The Hall–Kier alpha value is -2.21. The van der Waals surface area contributed by atoms with Gasteiger partial charge in [0.2, 0.25) is 0 Å². The van der Waals surface area contributed by atoms with E-state index in [1.54, 1.807) is 12.1 Å². The van der Waals surface area contributed by atoms with Gasteiger partial charge in [-0.1, -0.05) is 23.8 Å². The number of hydrazone groups is 1. The van der Waals surface area contributed by atoms with Gasteiger partial charge in [-0.15, -0.1) is 0 Å². The number of aryl methyl sites for hydroxylation is 3. The number of rotatable bonds is 5. The molecule has 4 nitrogen and oxygen atoms in total. The summed E-state index contributed by atoms with van der Waals surface area (Å²) in [6.45, 7) is 6.17. The SMILES string of the molecule is Cc1cc(C)c(NCC(=O)N/N=C\c2ccc(F)c(Br)c2)c(C)c1. The van der Waals surface area contributed by atoms with E-state index in [4.69, 9.17) is 0 Å². The Labute approximate surface area is 149 Å². The van der Waals surface area contributed by atoms with Gasteiger partial charge in [-0.05, 0) is 65.5 Å². The van der Waals surface area contributed by atoms with Crippen molar-refractivity contribution in [3.63, 3.8) is 0 Å². The molecular formula is C18H19BrFN3O. The largest absolute Gasteiger partial charge is 0.376 e. The lowest BCUT2D eigenvalue weighted by Gasteiger charge is -2.13. The fourth-order valence-corrected chi connectivity index (χ4v) is 2.84. The van der Waals surface area contributed by atoms with Gasteiger partial charge in [0.25, 0.3) is 5.91 Å². The maximum atomic E-state index is 13.1. The van der Waals surface area contributed by atoms with Gasteiger partial charge in [0.1, 0.15) is 5.82 Å². The van der Waals surface area contributed by atoms with Crippen molar-refractivity contribution in [2.24, 2.45) is 5.10 Å². The van der Waals surface area contributed by atoms with Crippen LogP contribution in [0.1, 0.15) is 22.3 Å². The van der Waals surface area contributed by atoms with Crippen molar-refractivity contribution < 1.29 is 9.18 Å². The zero-order valence-electron chi connectivity index (χ0n) is 13.8. The van der Waals surface area contributed by atoms with Gasteiger partial charge >= 0.3 is 0 Å². The second-order valence-electron chi connectivity index (χ2n) is 5.59. The van der Waals surface area contributed by atoms with Crippen LogP contribution < -0.4 is 10.7 Å². The molecule has 2 rings (SSSR count). The molecule has 0 spiro atoms. The number of benzene rings is 2. The highest BCUT2D eigenvalue weighted by Crippen LogP contribution is 2.21. The lowest BCUT2D eigenvalue weighted by molar-refractivity contribution is -0.119. The zero-order chi connectivity index (χ0) is 17.7. The van der Waals surface area contributed by atoms with Crippen molar-refractivity contribution >= 4 is 33.7 Å². The molecular weight excluding hydrogens is 373 g/mol. The van der Waals surface area contributed by atoms with E-state index in [-0.39, 0.29) is 18.3 Å². The lowest BCUT2D eigenvalue weighted by atomic mass is 10.1. The van der Waals surface area contributed by atoms with Gasteiger partial charge in [0.15, 0.2) is 0 Å². The number of hydrogen-bond donors (Lipinski definition) is 2. The van der Waals surface area contributed by atoms with Gasteiger partial charge in [0.05, 0.1) is 17.2 Å². The molecule has 24 heavy (non-hydrogen) atoms. The first-order chi connectivity index (χ1) is 11.4. The molecule has 1 amide bonds. The quantitative estimate of drug-likeness (QED) is 0.595. The number of carbonyl (C=O) groups is 1. The molecule has 0 aromatic heterocycles. The van der Waals surface area contributed by atoms with Crippen molar-refractivity contribution in [3.05, 3.63) is 62.9 Å². The monoisotopic (exact) mass is 391 g/mol. The molecule has 0 heterocycles. The summed E-state index contributed by atoms with van der Waals surface area (Å²) in [4.78, 5) is 11.9. The summed E-state index contributed by atoms with van der Waals surface area (Å²) < 4.78 is 13.5. The van der Waals surface area contributed by atoms with Gasteiger partial charge in [0, 0.05) is 5.69 Å². The van der Waals surface area contributed by atoms with E-state index in [1.165, 1.54) is 17.8 Å². The van der Waals surface area contributed by atoms with Crippen LogP contribution in [0.5, 0.6) is 0 Å². The Kier molecular flexibility index (Phi) is 6.09. The standard InChI is InChI=1S/C18H19BrFN3O/c1-11-6-12(2)18(13(3)7-11)21-10-17(24)23-22-9-14-4-5-16(20)15(19)8-14/h4-9,21H,10H2,1-3H3,(H,23,24)/b22-9-. The van der Waals surface area contributed by atoms with Gasteiger partial charge in [-0.3, -0.25) is 4.79 Å². The van der Waals surface area contributed by atoms with E-state index in [1.807, 2.05) is 20.8 Å². The predicted octanol–water partition coefficient (Wildman–Crippen LogP) is 4.08. The molecule has 0 aliphatic rings. The van der Waals surface area contributed by atoms with Crippen molar-refractivity contribution in [1.29, 1.82) is 0 Å². The van der Waals surface area contributed by atoms with Gasteiger partial charge < -0.3 is 5.32 Å². The molecule has 2 N–H and O–H groups in total. The maximum Gasteiger partial charge on any atom is 0.259 e. The molecule has 0 unspecified atom stereocenters. The minimum Gasteiger partial charge on any atom is -0.376 e. The van der Waals surface area contributed by atoms with Crippen LogP contribution in [0, 0.1) is 26.6 Å². The molecule has 2 aromatic carbocycles. The van der Waals surface area contributed by atoms with Gasteiger partial charge in [-0.2, -0.15) is 5.10 Å². The highest BCUT2D eigenvalue weighted by molar-refractivity contribution is 9.10. The molecule has 0 fully saturated rings. The van der Waals surface area contributed by atoms with Crippen LogP contribution in [0.3, 0.4) is 0 Å². The number of nitrogens with zero attached hydrogens (tertiary/aromatic N) is 1. The van der Waals surface area contributed by atoms with Crippen molar-refractivity contribution in [2.75, 3.05) is 11.9 Å². The minimum absolute atomic E-state index is 0.120. The van der Waals surface area contributed by atoms with Gasteiger partial charge in [-0.25, -0.2) is 9.82 Å². The third-order valence-electron chi connectivity index (χ3n) is 3.45. The average Bonchev–Trinajstić information content (AvgIpc) is 2.49. The van der Waals surface area contributed by atoms with Crippen molar-refractivity contribution in [3.8, 4) is 0 Å². The molecule has 0 saturated carbocycles. The molecule has 0 saturated heterocycles. The van der Waals surface area contributed by atoms with E-state index >= 15 is 0 Å². The van der Waals surface area contributed by atoms with Crippen molar-refractivity contribution in [2.45, 2.75) is 20.8 Å². The Bertz CT molecular complexity index is 767. The third-order valence-corrected chi connectivity index (χ3v) is 4.06. The summed E-state index contributed by atoms with van der Waals surface area (Å²) in [7, 11) is 0. The van der Waals surface area contributed by atoms with Crippen LogP contribution in [-0.4, -0.2) is 18.7 Å². The predicted molar refractivity (Wildman–Crippen MR) is 99.0 cm³/mol.